The van der Waals surface area contributed by atoms with Gasteiger partial charge < -0.3 is 19.6 Å². The van der Waals surface area contributed by atoms with Gasteiger partial charge in [0.1, 0.15) is 5.75 Å². The molecule has 1 aromatic heterocycles. The molecule has 3 aromatic rings. The van der Waals surface area contributed by atoms with Gasteiger partial charge in [0, 0.05) is 17.8 Å². The molecule has 5 rings (SSSR count). The minimum absolute atomic E-state index is 0.195. The second-order valence-corrected chi connectivity index (χ2v) is 8.11. The molecule has 1 saturated carbocycles. The van der Waals surface area contributed by atoms with Gasteiger partial charge in [-0.05, 0) is 37.1 Å². The second-order valence-electron chi connectivity index (χ2n) is 7.30. The van der Waals surface area contributed by atoms with Gasteiger partial charge in [-0.1, -0.05) is 23.2 Å². The van der Waals surface area contributed by atoms with Gasteiger partial charge in [0.2, 0.25) is 0 Å². The Balaban J connectivity index is 1.38. The van der Waals surface area contributed by atoms with E-state index in [1.807, 2.05) is 12.1 Å². The number of nitrogens with zero attached hydrogens (tertiary/aromatic N) is 2. The molecule has 12 heteroatoms. The normalized spacial score (nSPS) is 17.7. The number of imidazole rings is 1. The van der Waals surface area contributed by atoms with Crippen LogP contribution in [0.4, 0.5) is 10.5 Å². The van der Waals surface area contributed by atoms with Crippen LogP contribution >= 0.6 is 23.2 Å². The van der Waals surface area contributed by atoms with Gasteiger partial charge in [-0.3, -0.25) is 14.7 Å². The van der Waals surface area contributed by atoms with Crippen molar-refractivity contribution in [1.82, 2.24) is 20.3 Å². The maximum Gasteiger partial charge on any atom is 0.427 e. The summed E-state index contributed by atoms with van der Waals surface area (Å²) in [6, 6.07) is 9.39. The van der Waals surface area contributed by atoms with Crippen LogP contribution in [0.3, 0.4) is 0 Å². The van der Waals surface area contributed by atoms with Gasteiger partial charge in [-0.25, -0.2) is 4.79 Å². The Morgan fingerprint density at radius 3 is 2.62 bits per heavy atom. The van der Waals surface area contributed by atoms with Crippen molar-refractivity contribution in [3.05, 3.63) is 40.4 Å². The summed E-state index contributed by atoms with van der Waals surface area (Å²) in [6.45, 7) is 0. The van der Waals surface area contributed by atoms with Crippen molar-refractivity contribution in [2.24, 2.45) is 0 Å². The molecule has 2 aromatic carbocycles. The van der Waals surface area contributed by atoms with Crippen molar-refractivity contribution in [3.8, 4) is 17.5 Å². The van der Waals surface area contributed by atoms with Crippen LogP contribution in [0.5, 0.6) is 17.5 Å². The van der Waals surface area contributed by atoms with Gasteiger partial charge in [0.15, 0.2) is 11.9 Å². The minimum atomic E-state index is -1.03. The van der Waals surface area contributed by atoms with Crippen molar-refractivity contribution >= 4 is 51.9 Å². The SMILES string of the molecule is COc1nc2ccc(Oc3c(Cl)cc(NC(=O)C4NOC(=O)N4)cc3Cl)cc2n1C1CC1. The van der Waals surface area contributed by atoms with Crippen molar-refractivity contribution in [3.63, 3.8) is 0 Å². The van der Waals surface area contributed by atoms with Crippen LogP contribution in [0.25, 0.3) is 11.0 Å². The smallest absolute Gasteiger partial charge is 0.427 e. The summed E-state index contributed by atoms with van der Waals surface area (Å²) in [6.07, 6.45) is 0.368. The number of fused-ring (bicyclic) bond motifs is 1. The van der Waals surface area contributed by atoms with Crippen molar-refractivity contribution < 1.29 is 23.9 Å². The fourth-order valence-corrected chi connectivity index (χ4v) is 3.98. The molecule has 2 heterocycles. The van der Waals surface area contributed by atoms with Crippen LogP contribution in [0.15, 0.2) is 30.3 Å². The van der Waals surface area contributed by atoms with Crippen LogP contribution in [0.2, 0.25) is 10.0 Å². The van der Waals surface area contributed by atoms with Crippen LogP contribution in [0, 0.1) is 0 Å². The van der Waals surface area contributed by atoms with E-state index >= 15 is 0 Å². The number of benzene rings is 2. The maximum atomic E-state index is 12.2. The Kier molecular flexibility index (Phi) is 5.20. The third-order valence-corrected chi connectivity index (χ3v) is 5.56. The number of amides is 2. The van der Waals surface area contributed by atoms with Gasteiger partial charge in [0.05, 0.1) is 28.2 Å². The van der Waals surface area contributed by atoms with E-state index in [0.29, 0.717) is 23.5 Å². The Morgan fingerprint density at radius 1 is 1.25 bits per heavy atom. The molecule has 0 bridgehead atoms. The number of anilines is 1. The highest BCUT2D eigenvalue weighted by Gasteiger charge is 2.30. The molecule has 2 fully saturated rings. The van der Waals surface area contributed by atoms with E-state index in [9.17, 15) is 9.59 Å². The van der Waals surface area contributed by atoms with E-state index in [1.54, 1.807) is 13.2 Å². The number of carbonyl (C=O) groups is 2. The predicted octanol–water partition coefficient (Wildman–Crippen LogP) is 3.99. The minimum Gasteiger partial charge on any atom is -0.468 e. The average Bonchev–Trinajstić information content (AvgIpc) is 3.39. The molecular weight excluding hydrogens is 461 g/mol. The molecule has 0 spiro atoms. The summed E-state index contributed by atoms with van der Waals surface area (Å²) in [5.74, 6) is 0.215. The first kappa shape index (κ1) is 20.7. The van der Waals surface area contributed by atoms with Crippen molar-refractivity contribution in [2.75, 3.05) is 12.4 Å². The van der Waals surface area contributed by atoms with E-state index in [0.717, 1.165) is 23.9 Å². The first-order valence-electron chi connectivity index (χ1n) is 9.69. The molecule has 2 amide bonds. The summed E-state index contributed by atoms with van der Waals surface area (Å²) in [5.41, 5.74) is 4.28. The van der Waals surface area contributed by atoms with E-state index in [2.05, 4.69) is 30.5 Å². The van der Waals surface area contributed by atoms with E-state index in [4.69, 9.17) is 32.7 Å². The van der Waals surface area contributed by atoms with Crippen LogP contribution in [0.1, 0.15) is 18.9 Å². The van der Waals surface area contributed by atoms with Crippen LogP contribution in [-0.4, -0.2) is 34.8 Å². The number of hydroxylamine groups is 1. The standard InChI is InChI=1S/C20H17Cl2N5O5/c1-30-19-24-14-5-4-11(8-15(14)27(19)10-2-3-10)31-16-12(21)6-9(7-13(16)22)23-18(28)17-25-20(29)32-26-17/h4-8,10,17,26H,2-3H2,1H3,(H,23,28)(H,25,29). The van der Waals surface area contributed by atoms with Gasteiger partial charge >= 0.3 is 6.09 Å². The largest absolute Gasteiger partial charge is 0.468 e. The van der Waals surface area contributed by atoms with Crippen LogP contribution in [-0.2, 0) is 9.63 Å². The molecule has 0 radical (unpaired) electrons. The lowest BCUT2D eigenvalue weighted by Crippen LogP contribution is -2.43. The fraction of sp³-hybridized carbons (Fsp3) is 0.250. The van der Waals surface area contributed by atoms with Crippen LogP contribution < -0.4 is 25.6 Å². The number of halogens is 2. The molecule has 1 saturated heterocycles. The zero-order valence-electron chi connectivity index (χ0n) is 16.6. The van der Waals surface area contributed by atoms with Crippen molar-refractivity contribution in [2.45, 2.75) is 25.0 Å². The Hall–Kier alpha value is -3.21. The van der Waals surface area contributed by atoms with E-state index in [-0.39, 0.29) is 15.8 Å². The first-order chi connectivity index (χ1) is 15.4. The topological polar surface area (TPSA) is 116 Å². The van der Waals surface area contributed by atoms with E-state index in [1.165, 1.54) is 12.1 Å². The molecule has 3 N–H and O–H groups in total. The number of methoxy groups -OCH3 is 1. The number of aromatic nitrogens is 2. The average molecular weight is 478 g/mol. The molecule has 32 heavy (non-hydrogen) atoms. The highest BCUT2D eigenvalue weighted by atomic mass is 35.5. The van der Waals surface area contributed by atoms with E-state index < -0.39 is 18.2 Å². The molecule has 1 aliphatic carbocycles. The molecule has 1 aliphatic heterocycles. The zero-order valence-corrected chi connectivity index (χ0v) is 18.2. The predicted molar refractivity (Wildman–Crippen MR) is 116 cm³/mol. The molecule has 10 nitrogen and oxygen atoms in total. The molecule has 1 unspecified atom stereocenters. The summed E-state index contributed by atoms with van der Waals surface area (Å²) in [5, 5.41) is 5.28. The lowest BCUT2D eigenvalue weighted by Gasteiger charge is -2.14. The van der Waals surface area contributed by atoms with Crippen molar-refractivity contribution in [1.29, 1.82) is 0 Å². The lowest BCUT2D eigenvalue weighted by atomic mass is 10.2. The van der Waals surface area contributed by atoms with Gasteiger partial charge in [0.25, 0.3) is 11.9 Å². The first-order valence-corrected chi connectivity index (χ1v) is 10.4. The number of hydrogen-bond acceptors (Lipinski definition) is 7. The Bertz CT molecular complexity index is 1220. The highest BCUT2D eigenvalue weighted by Crippen LogP contribution is 2.43. The summed E-state index contributed by atoms with van der Waals surface area (Å²) in [7, 11) is 1.60. The number of rotatable bonds is 6. The highest BCUT2D eigenvalue weighted by molar-refractivity contribution is 6.37. The Labute approximate surface area is 191 Å². The third kappa shape index (κ3) is 3.88. The fourth-order valence-electron chi connectivity index (χ4n) is 3.41. The molecule has 2 aliphatic rings. The number of hydrogen-bond donors (Lipinski definition) is 3. The molecular formula is C20H17Cl2N5O5. The maximum absolute atomic E-state index is 12.2. The monoisotopic (exact) mass is 477 g/mol. The van der Waals surface area contributed by atoms with Gasteiger partial charge in [-0.15, -0.1) is 5.48 Å². The number of carbonyl (C=O) groups excluding carboxylic acids is 2. The quantitative estimate of drug-likeness (QED) is 0.491. The van der Waals surface area contributed by atoms with Gasteiger partial charge in [-0.2, -0.15) is 4.98 Å². The Morgan fingerprint density at radius 2 is 2.00 bits per heavy atom. The zero-order chi connectivity index (χ0) is 22.4. The molecule has 166 valence electrons. The lowest BCUT2D eigenvalue weighted by molar-refractivity contribution is -0.119. The third-order valence-electron chi connectivity index (χ3n) is 5.00. The summed E-state index contributed by atoms with van der Waals surface area (Å²) >= 11 is 12.8. The number of ether oxygens (including phenoxy) is 2. The summed E-state index contributed by atoms with van der Waals surface area (Å²) < 4.78 is 13.4. The second kappa shape index (κ2) is 8.05. The number of nitrogens with one attached hydrogen (secondary N) is 3. The summed E-state index contributed by atoms with van der Waals surface area (Å²) in [4.78, 5) is 32.2. The molecule has 1 atom stereocenters.